The number of para-hydroxylation sites is 1. The van der Waals surface area contributed by atoms with Crippen molar-refractivity contribution in [1.29, 1.82) is 0 Å². The van der Waals surface area contributed by atoms with E-state index in [0.717, 1.165) is 29.6 Å². The van der Waals surface area contributed by atoms with E-state index in [4.69, 9.17) is 5.73 Å². The molecule has 0 aliphatic rings. The Kier molecular flexibility index (Phi) is 3.41. The molecule has 2 aromatic rings. The van der Waals surface area contributed by atoms with Crippen LogP contribution < -0.4 is 11.1 Å². The van der Waals surface area contributed by atoms with Crippen molar-refractivity contribution in [3.63, 3.8) is 0 Å². The van der Waals surface area contributed by atoms with Crippen molar-refractivity contribution in [3.05, 3.63) is 30.5 Å². The van der Waals surface area contributed by atoms with Gasteiger partial charge in [-0.3, -0.25) is 4.98 Å². The first-order chi connectivity index (χ1) is 8.47. The summed E-state index contributed by atoms with van der Waals surface area (Å²) in [6, 6.07) is 8.06. The highest BCUT2D eigenvalue weighted by molar-refractivity contribution is 5.96. The molecule has 0 radical (unpaired) electrons. The molecule has 0 bridgehead atoms. The van der Waals surface area contributed by atoms with Gasteiger partial charge in [0.25, 0.3) is 0 Å². The third kappa shape index (κ3) is 2.92. The highest BCUT2D eigenvalue weighted by Crippen LogP contribution is 2.28. The van der Waals surface area contributed by atoms with Crippen LogP contribution in [-0.2, 0) is 0 Å². The zero-order valence-corrected chi connectivity index (χ0v) is 11.3. The Hall–Kier alpha value is -1.77. The van der Waals surface area contributed by atoms with Gasteiger partial charge in [-0.1, -0.05) is 39.0 Å². The Labute approximate surface area is 108 Å². The van der Waals surface area contributed by atoms with E-state index in [-0.39, 0.29) is 0 Å². The summed E-state index contributed by atoms with van der Waals surface area (Å²) in [4.78, 5) is 4.33. The predicted octanol–water partition coefficient (Wildman–Crippen LogP) is 3.67. The SMILES string of the molecule is CC(C)(C)CCNc1c(N)cnc2ccccc12. The smallest absolute Gasteiger partial charge is 0.0743 e. The van der Waals surface area contributed by atoms with Gasteiger partial charge in [0.2, 0.25) is 0 Å². The Bertz CT molecular complexity index is 541. The number of benzene rings is 1. The first-order valence-corrected chi connectivity index (χ1v) is 6.34. The molecule has 18 heavy (non-hydrogen) atoms. The second-order valence-corrected chi connectivity index (χ2v) is 5.84. The summed E-state index contributed by atoms with van der Waals surface area (Å²) in [5, 5.41) is 4.54. The lowest BCUT2D eigenvalue weighted by Gasteiger charge is -2.19. The lowest BCUT2D eigenvalue weighted by molar-refractivity contribution is 0.390. The number of anilines is 2. The number of nitrogens with zero attached hydrogens (tertiary/aromatic N) is 1. The molecule has 2 rings (SSSR count). The topological polar surface area (TPSA) is 50.9 Å². The van der Waals surface area contributed by atoms with Crippen LogP contribution in [0, 0.1) is 5.41 Å². The Balaban J connectivity index is 2.24. The lowest BCUT2D eigenvalue weighted by Crippen LogP contribution is -2.13. The fraction of sp³-hybridized carbons (Fsp3) is 0.400. The maximum Gasteiger partial charge on any atom is 0.0743 e. The minimum atomic E-state index is 0.324. The number of aromatic nitrogens is 1. The average molecular weight is 243 g/mol. The second kappa shape index (κ2) is 4.84. The molecule has 0 saturated heterocycles. The van der Waals surface area contributed by atoms with Crippen molar-refractivity contribution in [2.24, 2.45) is 5.41 Å². The first-order valence-electron chi connectivity index (χ1n) is 6.34. The van der Waals surface area contributed by atoms with Crippen LogP contribution in [0.3, 0.4) is 0 Å². The Morgan fingerprint density at radius 1 is 1.22 bits per heavy atom. The summed E-state index contributed by atoms with van der Waals surface area (Å²) in [6.45, 7) is 7.63. The number of fused-ring (bicyclic) bond motifs is 1. The van der Waals surface area contributed by atoms with Gasteiger partial charge in [-0.05, 0) is 17.9 Å². The molecule has 0 aliphatic carbocycles. The molecular weight excluding hydrogens is 222 g/mol. The molecule has 0 aliphatic heterocycles. The molecule has 0 spiro atoms. The van der Waals surface area contributed by atoms with E-state index in [9.17, 15) is 0 Å². The van der Waals surface area contributed by atoms with Crippen molar-refractivity contribution in [1.82, 2.24) is 4.98 Å². The molecule has 3 nitrogen and oxygen atoms in total. The highest BCUT2D eigenvalue weighted by atomic mass is 14.9. The van der Waals surface area contributed by atoms with E-state index in [1.54, 1.807) is 6.20 Å². The van der Waals surface area contributed by atoms with Crippen molar-refractivity contribution >= 4 is 22.3 Å². The third-order valence-corrected chi connectivity index (χ3v) is 2.98. The van der Waals surface area contributed by atoms with Crippen molar-refractivity contribution in [3.8, 4) is 0 Å². The molecule has 3 heteroatoms. The molecule has 96 valence electrons. The van der Waals surface area contributed by atoms with E-state index < -0.39 is 0 Å². The van der Waals surface area contributed by atoms with Crippen LogP contribution in [0.25, 0.3) is 10.9 Å². The number of nitrogen functional groups attached to an aromatic ring is 1. The van der Waals surface area contributed by atoms with Gasteiger partial charge in [-0.15, -0.1) is 0 Å². The van der Waals surface area contributed by atoms with Crippen LogP contribution in [0.5, 0.6) is 0 Å². The van der Waals surface area contributed by atoms with Crippen LogP contribution >= 0.6 is 0 Å². The van der Waals surface area contributed by atoms with Gasteiger partial charge in [0.15, 0.2) is 0 Å². The van der Waals surface area contributed by atoms with Crippen LogP contribution in [0.4, 0.5) is 11.4 Å². The third-order valence-electron chi connectivity index (χ3n) is 2.98. The van der Waals surface area contributed by atoms with Crippen molar-refractivity contribution in [2.75, 3.05) is 17.6 Å². The van der Waals surface area contributed by atoms with Crippen molar-refractivity contribution in [2.45, 2.75) is 27.2 Å². The Morgan fingerprint density at radius 2 is 1.94 bits per heavy atom. The molecular formula is C15H21N3. The van der Waals surface area contributed by atoms with Gasteiger partial charge in [0, 0.05) is 11.9 Å². The predicted molar refractivity (Wildman–Crippen MR) is 78.7 cm³/mol. The minimum absolute atomic E-state index is 0.324. The number of nitrogens with one attached hydrogen (secondary N) is 1. The van der Waals surface area contributed by atoms with E-state index in [1.165, 1.54) is 0 Å². The molecule has 1 aromatic heterocycles. The summed E-state index contributed by atoms with van der Waals surface area (Å²) in [7, 11) is 0. The summed E-state index contributed by atoms with van der Waals surface area (Å²) in [5.41, 5.74) is 9.03. The molecule has 0 unspecified atom stereocenters. The molecule has 0 amide bonds. The van der Waals surface area contributed by atoms with Crippen LogP contribution in [0.15, 0.2) is 30.5 Å². The number of hydrogen-bond acceptors (Lipinski definition) is 3. The van der Waals surface area contributed by atoms with E-state index in [1.807, 2.05) is 18.2 Å². The average Bonchev–Trinajstić information content (AvgIpc) is 2.31. The first kappa shape index (κ1) is 12.7. The largest absolute Gasteiger partial charge is 0.396 e. The summed E-state index contributed by atoms with van der Waals surface area (Å²) >= 11 is 0. The molecule has 0 fully saturated rings. The van der Waals surface area contributed by atoms with Crippen molar-refractivity contribution < 1.29 is 0 Å². The van der Waals surface area contributed by atoms with Crippen LogP contribution in [0.1, 0.15) is 27.2 Å². The number of rotatable bonds is 3. The molecule has 1 aromatic carbocycles. The normalized spacial score (nSPS) is 11.7. The maximum atomic E-state index is 6.01. The fourth-order valence-corrected chi connectivity index (χ4v) is 1.92. The summed E-state index contributed by atoms with van der Waals surface area (Å²) < 4.78 is 0. The molecule has 1 heterocycles. The minimum Gasteiger partial charge on any atom is -0.396 e. The Morgan fingerprint density at radius 3 is 2.67 bits per heavy atom. The van der Waals surface area contributed by atoms with Gasteiger partial charge in [0.05, 0.1) is 23.1 Å². The highest BCUT2D eigenvalue weighted by Gasteiger charge is 2.11. The molecule has 0 atom stereocenters. The zero-order chi connectivity index (χ0) is 13.2. The van der Waals surface area contributed by atoms with Crippen LogP contribution in [-0.4, -0.2) is 11.5 Å². The monoisotopic (exact) mass is 243 g/mol. The number of nitrogens with two attached hydrogens (primary N) is 1. The van der Waals surface area contributed by atoms with Gasteiger partial charge < -0.3 is 11.1 Å². The van der Waals surface area contributed by atoms with E-state index >= 15 is 0 Å². The number of pyridine rings is 1. The van der Waals surface area contributed by atoms with Gasteiger partial charge >= 0.3 is 0 Å². The fourth-order valence-electron chi connectivity index (χ4n) is 1.92. The van der Waals surface area contributed by atoms with E-state index in [2.05, 4.69) is 37.1 Å². The van der Waals surface area contributed by atoms with Gasteiger partial charge in [-0.2, -0.15) is 0 Å². The quantitative estimate of drug-likeness (QED) is 0.864. The lowest BCUT2D eigenvalue weighted by atomic mass is 9.92. The van der Waals surface area contributed by atoms with Gasteiger partial charge in [-0.25, -0.2) is 0 Å². The molecule has 0 saturated carbocycles. The maximum absolute atomic E-state index is 6.01. The summed E-state index contributed by atoms with van der Waals surface area (Å²) in [5.74, 6) is 0. The van der Waals surface area contributed by atoms with E-state index in [0.29, 0.717) is 11.1 Å². The number of hydrogen-bond donors (Lipinski definition) is 2. The molecule has 3 N–H and O–H groups in total. The second-order valence-electron chi connectivity index (χ2n) is 5.84. The zero-order valence-electron chi connectivity index (χ0n) is 11.3. The van der Waals surface area contributed by atoms with Crippen LogP contribution in [0.2, 0.25) is 0 Å². The van der Waals surface area contributed by atoms with Gasteiger partial charge in [0.1, 0.15) is 0 Å². The summed E-state index contributed by atoms with van der Waals surface area (Å²) in [6.07, 6.45) is 2.82. The standard InChI is InChI=1S/C15H21N3/c1-15(2,3)8-9-17-14-11-6-4-5-7-13(11)18-10-12(14)16/h4-7,10H,8-9,16H2,1-3H3,(H,17,18).